The SMILES string of the molecule is NCC1(C(=O)NCCCc2ncc[nH]2)CCC1. The summed E-state index contributed by atoms with van der Waals surface area (Å²) in [6.45, 7) is 1.16. The first-order chi connectivity index (χ1) is 8.27. The molecule has 1 aliphatic rings. The normalized spacial score (nSPS) is 17.5. The highest BCUT2D eigenvalue weighted by Crippen LogP contribution is 2.39. The van der Waals surface area contributed by atoms with E-state index in [1.54, 1.807) is 6.20 Å². The summed E-state index contributed by atoms with van der Waals surface area (Å²) in [5, 5.41) is 2.98. The van der Waals surface area contributed by atoms with E-state index in [4.69, 9.17) is 5.73 Å². The Hall–Kier alpha value is -1.36. The third-order valence-corrected chi connectivity index (χ3v) is 3.61. The molecule has 1 fully saturated rings. The predicted molar refractivity (Wildman–Crippen MR) is 65.3 cm³/mol. The Morgan fingerprint density at radius 3 is 2.94 bits per heavy atom. The van der Waals surface area contributed by atoms with Crippen LogP contribution in [-0.2, 0) is 11.2 Å². The molecule has 0 aliphatic heterocycles. The molecule has 1 heterocycles. The first-order valence-electron chi connectivity index (χ1n) is 6.23. The van der Waals surface area contributed by atoms with Gasteiger partial charge in [-0.2, -0.15) is 0 Å². The number of nitrogens with one attached hydrogen (secondary N) is 2. The lowest BCUT2D eigenvalue weighted by Gasteiger charge is -2.39. The summed E-state index contributed by atoms with van der Waals surface area (Å²) < 4.78 is 0. The van der Waals surface area contributed by atoms with E-state index in [1.165, 1.54) is 0 Å². The number of nitrogens with zero attached hydrogens (tertiary/aromatic N) is 1. The van der Waals surface area contributed by atoms with Gasteiger partial charge in [-0.1, -0.05) is 6.42 Å². The number of imidazole rings is 1. The molecule has 17 heavy (non-hydrogen) atoms. The number of nitrogens with two attached hydrogens (primary N) is 1. The fraction of sp³-hybridized carbons (Fsp3) is 0.667. The minimum absolute atomic E-state index is 0.130. The van der Waals surface area contributed by atoms with Crippen molar-refractivity contribution >= 4 is 5.91 Å². The van der Waals surface area contributed by atoms with Crippen LogP contribution in [0.5, 0.6) is 0 Å². The Labute approximate surface area is 101 Å². The van der Waals surface area contributed by atoms with Crippen molar-refractivity contribution in [3.05, 3.63) is 18.2 Å². The Kier molecular flexibility index (Phi) is 3.78. The lowest BCUT2D eigenvalue weighted by atomic mass is 9.68. The first-order valence-corrected chi connectivity index (χ1v) is 6.23. The van der Waals surface area contributed by atoms with Gasteiger partial charge >= 0.3 is 0 Å². The molecule has 5 nitrogen and oxygen atoms in total. The maximum atomic E-state index is 11.9. The third kappa shape index (κ3) is 2.66. The van der Waals surface area contributed by atoms with E-state index in [0.717, 1.165) is 37.9 Å². The van der Waals surface area contributed by atoms with Crippen molar-refractivity contribution in [2.45, 2.75) is 32.1 Å². The zero-order chi connectivity index (χ0) is 12.1. The van der Waals surface area contributed by atoms with E-state index in [1.807, 2.05) is 6.20 Å². The van der Waals surface area contributed by atoms with Crippen LogP contribution < -0.4 is 11.1 Å². The Morgan fingerprint density at radius 2 is 2.41 bits per heavy atom. The van der Waals surface area contributed by atoms with E-state index in [0.29, 0.717) is 13.1 Å². The van der Waals surface area contributed by atoms with Gasteiger partial charge < -0.3 is 16.0 Å². The predicted octanol–water partition coefficient (Wildman–Crippen LogP) is 0.587. The van der Waals surface area contributed by atoms with Gasteiger partial charge in [0.15, 0.2) is 0 Å². The fourth-order valence-electron chi connectivity index (χ4n) is 2.21. The number of carbonyl (C=O) groups is 1. The van der Waals surface area contributed by atoms with Gasteiger partial charge in [0.1, 0.15) is 5.82 Å². The van der Waals surface area contributed by atoms with Crippen molar-refractivity contribution < 1.29 is 4.79 Å². The van der Waals surface area contributed by atoms with Gasteiger partial charge in [0.2, 0.25) is 5.91 Å². The molecule has 5 heteroatoms. The number of aromatic amines is 1. The largest absolute Gasteiger partial charge is 0.356 e. The van der Waals surface area contributed by atoms with E-state index in [2.05, 4.69) is 15.3 Å². The van der Waals surface area contributed by atoms with Crippen LogP contribution in [-0.4, -0.2) is 29.0 Å². The molecule has 1 amide bonds. The smallest absolute Gasteiger partial charge is 0.227 e. The second-order valence-electron chi connectivity index (χ2n) is 4.73. The molecule has 0 spiro atoms. The van der Waals surface area contributed by atoms with Crippen molar-refractivity contribution in [1.29, 1.82) is 0 Å². The van der Waals surface area contributed by atoms with Crippen LogP contribution in [0.25, 0.3) is 0 Å². The van der Waals surface area contributed by atoms with E-state index < -0.39 is 0 Å². The van der Waals surface area contributed by atoms with Gasteiger partial charge in [-0.25, -0.2) is 4.98 Å². The number of hydrogen-bond acceptors (Lipinski definition) is 3. The third-order valence-electron chi connectivity index (χ3n) is 3.61. The van der Waals surface area contributed by atoms with Gasteiger partial charge in [-0.05, 0) is 19.3 Å². The zero-order valence-corrected chi connectivity index (χ0v) is 10.0. The molecule has 1 saturated carbocycles. The van der Waals surface area contributed by atoms with E-state index >= 15 is 0 Å². The molecule has 2 rings (SSSR count). The summed E-state index contributed by atoms with van der Waals surface area (Å²) in [6, 6.07) is 0. The van der Waals surface area contributed by atoms with Crippen LogP contribution >= 0.6 is 0 Å². The summed E-state index contributed by atoms with van der Waals surface area (Å²) in [5.74, 6) is 1.10. The lowest BCUT2D eigenvalue weighted by Crippen LogP contribution is -2.50. The highest BCUT2D eigenvalue weighted by atomic mass is 16.2. The van der Waals surface area contributed by atoms with Gasteiger partial charge in [0, 0.05) is 31.9 Å². The highest BCUT2D eigenvalue weighted by molar-refractivity contribution is 5.83. The second kappa shape index (κ2) is 5.31. The standard InChI is InChI=1S/C12H20N4O/c13-9-12(4-2-5-12)11(17)16-6-1-3-10-14-7-8-15-10/h7-8H,1-6,9,13H2,(H,14,15)(H,16,17). The monoisotopic (exact) mass is 236 g/mol. The molecular weight excluding hydrogens is 216 g/mol. The topological polar surface area (TPSA) is 83.8 Å². The average Bonchev–Trinajstić information content (AvgIpc) is 2.76. The average molecular weight is 236 g/mol. The molecule has 94 valence electrons. The van der Waals surface area contributed by atoms with Crippen molar-refractivity contribution in [2.24, 2.45) is 11.1 Å². The second-order valence-corrected chi connectivity index (χ2v) is 4.73. The minimum atomic E-state index is -0.259. The van der Waals surface area contributed by atoms with E-state index in [9.17, 15) is 4.79 Å². The van der Waals surface area contributed by atoms with E-state index in [-0.39, 0.29) is 11.3 Å². The van der Waals surface area contributed by atoms with Crippen molar-refractivity contribution in [3.8, 4) is 0 Å². The van der Waals surface area contributed by atoms with Gasteiger partial charge in [0.25, 0.3) is 0 Å². The quantitative estimate of drug-likeness (QED) is 0.632. The highest BCUT2D eigenvalue weighted by Gasteiger charge is 2.42. The molecule has 0 aromatic carbocycles. The zero-order valence-electron chi connectivity index (χ0n) is 10.0. The number of hydrogen-bond donors (Lipinski definition) is 3. The van der Waals surface area contributed by atoms with Crippen molar-refractivity contribution in [2.75, 3.05) is 13.1 Å². The molecule has 0 unspecified atom stereocenters. The lowest BCUT2D eigenvalue weighted by molar-refractivity contribution is -0.135. The molecular formula is C12H20N4O. The number of aromatic nitrogens is 2. The van der Waals surface area contributed by atoms with Crippen LogP contribution in [0.3, 0.4) is 0 Å². The van der Waals surface area contributed by atoms with Gasteiger partial charge in [-0.15, -0.1) is 0 Å². The summed E-state index contributed by atoms with van der Waals surface area (Å²) in [6.07, 6.45) is 8.32. The van der Waals surface area contributed by atoms with Crippen molar-refractivity contribution in [1.82, 2.24) is 15.3 Å². The van der Waals surface area contributed by atoms with Crippen LogP contribution in [0, 0.1) is 5.41 Å². The van der Waals surface area contributed by atoms with Crippen LogP contribution in [0.1, 0.15) is 31.5 Å². The minimum Gasteiger partial charge on any atom is -0.356 e. The van der Waals surface area contributed by atoms with Gasteiger partial charge in [-0.3, -0.25) is 4.79 Å². The summed E-state index contributed by atoms with van der Waals surface area (Å²) >= 11 is 0. The Bertz CT molecular complexity index is 351. The first kappa shape index (κ1) is 12.1. The maximum Gasteiger partial charge on any atom is 0.227 e. The molecule has 0 radical (unpaired) electrons. The Balaban J connectivity index is 1.66. The Morgan fingerprint density at radius 1 is 1.59 bits per heavy atom. The summed E-state index contributed by atoms with van der Waals surface area (Å²) in [4.78, 5) is 19.1. The number of amides is 1. The number of H-pyrrole nitrogens is 1. The fourth-order valence-corrected chi connectivity index (χ4v) is 2.21. The molecule has 4 N–H and O–H groups in total. The van der Waals surface area contributed by atoms with Crippen LogP contribution in [0.4, 0.5) is 0 Å². The van der Waals surface area contributed by atoms with Crippen LogP contribution in [0.15, 0.2) is 12.4 Å². The number of rotatable bonds is 6. The maximum absolute atomic E-state index is 11.9. The number of carbonyl (C=O) groups excluding carboxylic acids is 1. The van der Waals surface area contributed by atoms with Gasteiger partial charge in [0.05, 0.1) is 5.41 Å². The molecule has 0 atom stereocenters. The number of aryl methyl sites for hydroxylation is 1. The van der Waals surface area contributed by atoms with Crippen LogP contribution in [0.2, 0.25) is 0 Å². The summed E-state index contributed by atoms with van der Waals surface area (Å²) in [7, 11) is 0. The molecule has 1 aliphatic carbocycles. The molecule has 0 bridgehead atoms. The molecule has 1 aromatic rings. The molecule has 1 aromatic heterocycles. The molecule has 0 saturated heterocycles. The van der Waals surface area contributed by atoms with Crippen molar-refractivity contribution in [3.63, 3.8) is 0 Å². The summed E-state index contributed by atoms with van der Waals surface area (Å²) in [5.41, 5.74) is 5.42.